The van der Waals surface area contributed by atoms with Gasteiger partial charge in [-0.3, -0.25) is 4.68 Å². The number of aryl methyl sites for hydroxylation is 2. The highest BCUT2D eigenvalue weighted by molar-refractivity contribution is 5.88. The number of rotatable bonds is 6. The van der Waals surface area contributed by atoms with E-state index in [0.29, 0.717) is 18.8 Å². The molecule has 2 aromatic rings. The Kier molecular flexibility index (Phi) is 3.91. The van der Waals surface area contributed by atoms with Crippen molar-refractivity contribution in [3.63, 3.8) is 0 Å². The van der Waals surface area contributed by atoms with Crippen molar-refractivity contribution in [2.75, 3.05) is 6.54 Å². The van der Waals surface area contributed by atoms with Crippen LogP contribution in [0.1, 0.15) is 21.9 Å². The average Bonchev–Trinajstić information content (AvgIpc) is 2.92. The second kappa shape index (κ2) is 5.61. The number of carbonyl (C=O) groups is 1. The summed E-state index contributed by atoms with van der Waals surface area (Å²) in [6, 6.07) is 0. The Bertz CT molecular complexity index is 574. The Hall–Kier alpha value is -2.22. The van der Waals surface area contributed by atoms with Crippen molar-refractivity contribution in [3.8, 4) is 0 Å². The van der Waals surface area contributed by atoms with E-state index >= 15 is 0 Å². The summed E-state index contributed by atoms with van der Waals surface area (Å²) in [5, 5.41) is 23.9. The smallest absolute Gasteiger partial charge is 0.339 e. The molecular formula is C11H16N6O2. The van der Waals surface area contributed by atoms with Crippen LogP contribution in [0.25, 0.3) is 0 Å². The number of nitrogens with zero attached hydrogens (tertiary/aromatic N) is 5. The normalized spacial score (nSPS) is 10.8. The first-order valence-electron chi connectivity index (χ1n) is 5.87. The molecule has 0 radical (unpaired) electrons. The molecule has 0 aromatic carbocycles. The molecule has 0 saturated heterocycles. The molecule has 0 bridgehead atoms. The number of hydrogen-bond acceptors (Lipinski definition) is 5. The first kappa shape index (κ1) is 13.2. The molecule has 0 aliphatic heterocycles. The minimum atomic E-state index is -0.960. The number of aromatic carboxylic acids is 1. The fourth-order valence-electron chi connectivity index (χ4n) is 1.79. The summed E-state index contributed by atoms with van der Waals surface area (Å²) in [6.07, 6.45) is 3.75. The lowest BCUT2D eigenvalue weighted by atomic mass is 10.2. The van der Waals surface area contributed by atoms with Crippen LogP contribution in [-0.4, -0.2) is 42.2 Å². The molecule has 0 saturated carbocycles. The van der Waals surface area contributed by atoms with Crippen molar-refractivity contribution in [1.82, 2.24) is 29.9 Å². The minimum Gasteiger partial charge on any atom is -0.478 e. The van der Waals surface area contributed by atoms with E-state index in [9.17, 15) is 4.79 Å². The van der Waals surface area contributed by atoms with Gasteiger partial charge in [-0.15, -0.1) is 10.2 Å². The molecule has 0 amide bonds. The summed E-state index contributed by atoms with van der Waals surface area (Å²) >= 11 is 0. The highest BCUT2D eigenvalue weighted by atomic mass is 16.4. The third-order valence-corrected chi connectivity index (χ3v) is 2.91. The summed E-state index contributed by atoms with van der Waals surface area (Å²) in [7, 11) is 3.62. The fourth-order valence-corrected chi connectivity index (χ4v) is 1.79. The molecule has 0 spiro atoms. The van der Waals surface area contributed by atoms with Gasteiger partial charge in [0.1, 0.15) is 17.7 Å². The zero-order valence-corrected chi connectivity index (χ0v) is 10.9. The van der Waals surface area contributed by atoms with Crippen LogP contribution in [0.15, 0.2) is 12.5 Å². The van der Waals surface area contributed by atoms with Gasteiger partial charge in [-0.2, -0.15) is 5.10 Å². The molecule has 8 nitrogen and oxygen atoms in total. The van der Waals surface area contributed by atoms with E-state index in [4.69, 9.17) is 5.11 Å². The highest BCUT2D eigenvalue weighted by Gasteiger charge is 2.14. The molecule has 0 aliphatic carbocycles. The quantitative estimate of drug-likeness (QED) is 0.688. The van der Waals surface area contributed by atoms with E-state index in [-0.39, 0.29) is 5.56 Å². The second-order valence-electron chi connectivity index (χ2n) is 4.22. The van der Waals surface area contributed by atoms with Gasteiger partial charge in [-0.1, -0.05) is 0 Å². The van der Waals surface area contributed by atoms with Gasteiger partial charge < -0.3 is 15.0 Å². The molecule has 8 heteroatoms. The monoisotopic (exact) mass is 264 g/mol. The molecular weight excluding hydrogens is 248 g/mol. The van der Waals surface area contributed by atoms with E-state index in [2.05, 4.69) is 20.6 Å². The van der Waals surface area contributed by atoms with Crippen molar-refractivity contribution in [1.29, 1.82) is 0 Å². The summed E-state index contributed by atoms with van der Waals surface area (Å²) in [5.74, 6) is -0.0748. The van der Waals surface area contributed by atoms with Crippen molar-refractivity contribution < 1.29 is 9.90 Å². The van der Waals surface area contributed by atoms with Gasteiger partial charge >= 0.3 is 5.97 Å². The summed E-state index contributed by atoms with van der Waals surface area (Å²) in [4.78, 5) is 11.0. The maximum atomic E-state index is 11.0. The molecule has 102 valence electrons. The van der Waals surface area contributed by atoms with Crippen LogP contribution in [0.4, 0.5) is 0 Å². The average molecular weight is 264 g/mol. The van der Waals surface area contributed by atoms with Crippen molar-refractivity contribution >= 4 is 5.97 Å². The lowest BCUT2D eigenvalue weighted by Crippen LogP contribution is -2.21. The van der Waals surface area contributed by atoms with Crippen molar-refractivity contribution in [2.45, 2.75) is 13.0 Å². The maximum absolute atomic E-state index is 11.0. The maximum Gasteiger partial charge on any atom is 0.339 e. The molecule has 2 heterocycles. The second-order valence-corrected chi connectivity index (χ2v) is 4.22. The zero-order chi connectivity index (χ0) is 13.8. The van der Waals surface area contributed by atoms with Crippen LogP contribution in [0.3, 0.4) is 0 Å². The SMILES string of the molecule is Cn1cnnc1CCNCc1c(C(=O)O)cnn1C. The van der Waals surface area contributed by atoms with Gasteiger partial charge in [0, 0.05) is 33.6 Å². The number of carboxylic acid groups (broad SMARTS) is 1. The first-order valence-corrected chi connectivity index (χ1v) is 5.87. The fraction of sp³-hybridized carbons (Fsp3) is 0.455. The van der Waals surface area contributed by atoms with Crippen molar-refractivity contribution in [2.24, 2.45) is 14.1 Å². The van der Waals surface area contributed by atoms with E-state index in [1.807, 2.05) is 11.6 Å². The number of nitrogens with one attached hydrogen (secondary N) is 1. The minimum absolute atomic E-state index is 0.230. The first-order chi connectivity index (χ1) is 9.09. The summed E-state index contributed by atoms with van der Waals surface area (Å²) in [5.41, 5.74) is 0.888. The van der Waals surface area contributed by atoms with Crippen molar-refractivity contribution in [3.05, 3.63) is 29.6 Å². The van der Waals surface area contributed by atoms with E-state index in [1.165, 1.54) is 6.20 Å². The van der Waals surface area contributed by atoms with Crippen LogP contribution in [0, 0.1) is 0 Å². The zero-order valence-electron chi connectivity index (χ0n) is 10.9. The van der Waals surface area contributed by atoms with E-state index in [1.54, 1.807) is 18.1 Å². The molecule has 2 aromatic heterocycles. The highest BCUT2D eigenvalue weighted by Crippen LogP contribution is 2.06. The number of carboxylic acids is 1. The Morgan fingerprint density at radius 1 is 1.47 bits per heavy atom. The topological polar surface area (TPSA) is 97.9 Å². The van der Waals surface area contributed by atoms with Crippen LogP contribution in [0.2, 0.25) is 0 Å². The number of hydrogen-bond donors (Lipinski definition) is 2. The predicted octanol–water partition coefficient (Wildman–Crippen LogP) is -0.421. The molecule has 0 atom stereocenters. The lowest BCUT2D eigenvalue weighted by molar-refractivity contribution is 0.0695. The summed E-state index contributed by atoms with van der Waals surface area (Å²) in [6.45, 7) is 1.15. The standard InChI is InChI=1S/C11H16N6O2/c1-16-7-13-15-10(16)3-4-12-6-9-8(11(18)19)5-14-17(9)2/h5,7,12H,3-4,6H2,1-2H3,(H,18,19). The predicted molar refractivity (Wildman–Crippen MR) is 66.6 cm³/mol. The molecule has 0 aliphatic rings. The van der Waals surface area contributed by atoms with Gasteiger partial charge in [0.15, 0.2) is 0 Å². The molecule has 2 N–H and O–H groups in total. The van der Waals surface area contributed by atoms with E-state index in [0.717, 1.165) is 12.2 Å². The molecule has 0 fully saturated rings. The van der Waals surface area contributed by atoms with Crippen LogP contribution in [-0.2, 0) is 27.1 Å². The summed E-state index contributed by atoms with van der Waals surface area (Å²) < 4.78 is 3.42. The molecule has 0 unspecified atom stereocenters. The van der Waals surface area contributed by atoms with Gasteiger partial charge in [-0.25, -0.2) is 4.79 Å². The lowest BCUT2D eigenvalue weighted by Gasteiger charge is -2.06. The molecule has 2 rings (SSSR count). The Morgan fingerprint density at radius 3 is 2.89 bits per heavy atom. The van der Waals surface area contributed by atoms with E-state index < -0.39 is 5.97 Å². The Balaban J connectivity index is 1.88. The van der Waals surface area contributed by atoms with Crippen LogP contribution < -0.4 is 5.32 Å². The van der Waals surface area contributed by atoms with Crippen LogP contribution in [0.5, 0.6) is 0 Å². The van der Waals surface area contributed by atoms with Gasteiger partial charge in [-0.05, 0) is 0 Å². The number of aromatic nitrogens is 5. The largest absolute Gasteiger partial charge is 0.478 e. The third kappa shape index (κ3) is 2.97. The van der Waals surface area contributed by atoms with Gasteiger partial charge in [0.05, 0.1) is 11.9 Å². The Labute approximate surface area is 110 Å². The van der Waals surface area contributed by atoms with Crippen LogP contribution >= 0.6 is 0 Å². The molecule has 19 heavy (non-hydrogen) atoms. The van der Waals surface area contributed by atoms with Gasteiger partial charge in [0.2, 0.25) is 0 Å². The third-order valence-electron chi connectivity index (χ3n) is 2.91. The Morgan fingerprint density at radius 2 is 2.26 bits per heavy atom. The van der Waals surface area contributed by atoms with Gasteiger partial charge in [0.25, 0.3) is 0 Å².